The van der Waals surface area contributed by atoms with Crippen LogP contribution in [0.25, 0.3) is 16.8 Å². The molecule has 6 rings (SSSR count). The van der Waals surface area contributed by atoms with Crippen LogP contribution in [-0.2, 0) is 16.1 Å². The molecular weight excluding hydrogens is 671 g/mol. The van der Waals surface area contributed by atoms with Crippen LogP contribution in [0.4, 0.5) is 13.2 Å². The second-order valence-electron chi connectivity index (χ2n) is 10.9. The number of ether oxygens (including phenoxy) is 4. The molecule has 9 nitrogen and oxygen atoms in total. The van der Waals surface area contributed by atoms with E-state index in [4.69, 9.17) is 18.9 Å². The van der Waals surface area contributed by atoms with Crippen LogP contribution >= 0.6 is 11.3 Å². The number of rotatable bonds is 9. The number of carbonyl (C=O) groups excluding carboxylic acids is 1. The van der Waals surface area contributed by atoms with E-state index in [1.54, 1.807) is 78.9 Å². The predicted octanol–water partition coefficient (Wildman–Crippen LogP) is 5.96. The standard InChI is InChI=1S/C37H28F3N3O6S/c1-4-48-35(45)31-32(30-25-12-8-7-9-22(25)14-16-27(30)46-2)43-34(44)29(50-36(43)42-33(31)37(38,39)40)18-21-13-15-26(28(17-21)47-3)49-20-24-11-6-5-10-23(24)19-41/h5-18,32H,4,20H2,1-3H3/b29-18+/t32-/m1/s1. The molecule has 0 amide bonds. The van der Waals surface area contributed by atoms with Crippen molar-refractivity contribution in [2.24, 2.45) is 4.99 Å². The highest BCUT2D eigenvalue weighted by Gasteiger charge is 2.46. The Labute approximate surface area is 287 Å². The van der Waals surface area contributed by atoms with E-state index in [0.717, 1.165) is 15.9 Å². The van der Waals surface area contributed by atoms with Crippen LogP contribution in [0.5, 0.6) is 17.2 Å². The first-order valence-corrected chi connectivity index (χ1v) is 16.1. The van der Waals surface area contributed by atoms with Gasteiger partial charge in [-0.25, -0.2) is 9.79 Å². The lowest BCUT2D eigenvalue weighted by atomic mass is 9.90. The summed E-state index contributed by atoms with van der Waals surface area (Å²) in [7, 11) is 2.80. The second kappa shape index (κ2) is 13.9. The lowest BCUT2D eigenvalue weighted by Crippen LogP contribution is -2.41. The van der Waals surface area contributed by atoms with E-state index in [0.29, 0.717) is 39.0 Å². The largest absolute Gasteiger partial charge is 0.496 e. The maximum Gasteiger partial charge on any atom is 0.434 e. The second-order valence-corrected chi connectivity index (χ2v) is 11.9. The Bertz CT molecular complexity index is 2390. The molecule has 13 heteroatoms. The van der Waals surface area contributed by atoms with E-state index in [9.17, 15) is 28.0 Å². The molecule has 1 aromatic heterocycles. The van der Waals surface area contributed by atoms with Gasteiger partial charge in [-0.05, 0) is 53.6 Å². The molecule has 0 bridgehead atoms. The molecule has 0 spiro atoms. The van der Waals surface area contributed by atoms with Crippen LogP contribution in [0.1, 0.15) is 35.2 Å². The molecule has 1 aliphatic rings. The number of aromatic nitrogens is 1. The average Bonchev–Trinajstić information content (AvgIpc) is 3.43. The number of fused-ring (bicyclic) bond motifs is 2. The quantitative estimate of drug-likeness (QED) is 0.175. The Morgan fingerprint density at radius 1 is 1.00 bits per heavy atom. The van der Waals surface area contributed by atoms with Gasteiger partial charge in [-0.1, -0.05) is 65.9 Å². The highest BCUT2D eigenvalue weighted by molar-refractivity contribution is 7.07. The number of nitriles is 1. The molecule has 254 valence electrons. The summed E-state index contributed by atoms with van der Waals surface area (Å²) in [6.07, 6.45) is -3.57. The molecule has 0 unspecified atom stereocenters. The summed E-state index contributed by atoms with van der Waals surface area (Å²) in [5.41, 5.74) is -1.14. The van der Waals surface area contributed by atoms with Gasteiger partial charge in [0.25, 0.3) is 5.56 Å². The number of nitrogens with zero attached hydrogens (tertiary/aromatic N) is 3. The van der Waals surface area contributed by atoms with Crippen LogP contribution in [0.3, 0.4) is 0 Å². The number of hydrogen-bond acceptors (Lipinski definition) is 9. The summed E-state index contributed by atoms with van der Waals surface area (Å²) in [5.74, 6) is -0.388. The zero-order valence-electron chi connectivity index (χ0n) is 26.9. The van der Waals surface area contributed by atoms with Crippen LogP contribution in [0, 0.1) is 11.3 Å². The smallest absolute Gasteiger partial charge is 0.434 e. The third-order valence-electron chi connectivity index (χ3n) is 8.03. The van der Waals surface area contributed by atoms with Gasteiger partial charge < -0.3 is 18.9 Å². The lowest BCUT2D eigenvalue weighted by molar-refractivity contribution is -0.140. The molecular formula is C37H28F3N3O6S. The summed E-state index contributed by atoms with van der Waals surface area (Å²) >= 11 is 0.749. The van der Waals surface area contributed by atoms with Crippen LogP contribution < -0.4 is 29.1 Å². The number of esters is 1. The van der Waals surface area contributed by atoms with E-state index in [-0.39, 0.29) is 33.9 Å². The van der Waals surface area contributed by atoms with Gasteiger partial charge in [-0.15, -0.1) is 0 Å². The van der Waals surface area contributed by atoms with Gasteiger partial charge in [-0.2, -0.15) is 18.4 Å². The van der Waals surface area contributed by atoms with Crippen LogP contribution in [0.2, 0.25) is 0 Å². The van der Waals surface area contributed by atoms with Crippen molar-refractivity contribution in [1.29, 1.82) is 5.26 Å². The summed E-state index contributed by atoms with van der Waals surface area (Å²) in [5, 5.41) is 10.5. The molecule has 0 saturated carbocycles. The Balaban J connectivity index is 1.53. The number of carbonyl (C=O) groups is 1. The average molecular weight is 700 g/mol. The Hall–Kier alpha value is -5.87. The van der Waals surface area contributed by atoms with Gasteiger partial charge >= 0.3 is 12.1 Å². The van der Waals surface area contributed by atoms with E-state index in [1.807, 2.05) is 0 Å². The number of allylic oxidation sites excluding steroid dienone is 1. The first-order valence-electron chi connectivity index (χ1n) is 15.2. The van der Waals surface area contributed by atoms with Gasteiger partial charge in [0.15, 0.2) is 22.0 Å². The van der Waals surface area contributed by atoms with E-state index in [2.05, 4.69) is 11.1 Å². The van der Waals surface area contributed by atoms with E-state index < -0.39 is 35.0 Å². The fourth-order valence-corrected chi connectivity index (χ4v) is 6.81. The maximum absolute atomic E-state index is 14.7. The number of hydrogen-bond donors (Lipinski definition) is 0. The number of halogens is 3. The number of benzene rings is 4. The van der Waals surface area contributed by atoms with Crippen molar-refractivity contribution >= 4 is 34.2 Å². The number of methoxy groups -OCH3 is 2. The lowest BCUT2D eigenvalue weighted by Gasteiger charge is -2.28. The molecule has 5 aromatic rings. The maximum atomic E-state index is 14.7. The van der Waals surface area contributed by atoms with Gasteiger partial charge in [0.1, 0.15) is 18.4 Å². The number of thiazole rings is 1. The van der Waals surface area contributed by atoms with Crippen molar-refractivity contribution in [3.63, 3.8) is 0 Å². The van der Waals surface area contributed by atoms with Gasteiger partial charge in [0, 0.05) is 11.1 Å². The van der Waals surface area contributed by atoms with Crippen molar-refractivity contribution in [3.8, 4) is 23.3 Å². The SMILES string of the molecule is CCOC(=O)C1=C(C(F)(F)F)N=c2s/c(=C/c3ccc(OCc4ccccc4C#N)c(OC)c3)c(=O)n2[C@@H]1c1c(OC)ccc2ccccc12. The molecule has 0 saturated heterocycles. The Morgan fingerprint density at radius 2 is 1.72 bits per heavy atom. The monoisotopic (exact) mass is 699 g/mol. The fourth-order valence-electron chi connectivity index (χ4n) is 5.80. The normalized spacial score (nSPS) is 14.5. The Kier molecular flexibility index (Phi) is 9.48. The first kappa shape index (κ1) is 34.0. The van der Waals surface area contributed by atoms with Gasteiger partial charge in [-0.3, -0.25) is 9.36 Å². The van der Waals surface area contributed by atoms with Gasteiger partial charge in [0.2, 0.25) is 0 Å². The summed E-state index contributed by atoms with van der Waals surface area (Å²) in [6, 6.07) is 22.7. The minimum Gasteiger partial charge on any atom is -0.496 e. The first-order chi connectivity index (χ1) is 24.1. The molecule has 0 radical (unpaired) electrons. The fraction of sp³-hybridized carbons (Fsp3) is 0.189. The third kappa shape index (κ3) is 6.33. The summed E-state index contributed by atoms with van der Waals surface area (Å²) in [4.78, 5) is 31.3. The zero-order chi connectivity index (χ0) is 35.6. The molecule has 0 N–H and O–H groups in total. The molecule has 2 heterocycles. The molecule has 50 heavy (non-hydrogen) atoms. The van der Waals surface area contributed by atoms with Crippen molar-refractivity contribution in [1.82, 2.24) is 4.57 Å². The highest BCUT2D eigenvalue weighted by atomic mass is 32.1. The van der Waals surface area contributed by atoms with E-state index in [1.165, 1.54) is 27.2 Å². The van der Waals surface area contributed by atoms with Crippen molar-refractivity contribution in [2.75, 3.05) is 20.8 Å². The predicted molar refractivity (Wildman–Crippen MR) is 180 cm³/mol. The molecule has 0 fully saturated rings. The highest BCUT2D eigenvalue weighted by Crippen LogP contribution is 2.43. The Morgan fingerprint density at radius 3 is 2.44 bits per heavy atom. The van der Waals surface area contributed by atoms with Crippen molar-refractivity contribution < 1.29 is 36.9 Å². The molecule has 1 atom stereocenters. The van der Waals surface area contributed by atoms with Crippen LogP contribution in [0.15, 0.2) is 99.9 Å². The topological polar surface area (TPSA) is 112 Å². The number of alkyl halides is 3. The van der Waals surface area contributed by atoms with Gasteiger partial charge in [0.05, 0.1) is 42.6 Å². The molecule has 4 aromatic carbocycles. The van der Waals surface area contributed by atoms with Crippen molar-refractivity contribution in [2.45, 2.75) is 25.7 Å². The summed E-state index contributed by atoms with van der Waals surface area (Å²) in [6.45, 7) is 1.37. The zero-order valence-corrected chi connectivity index (χ0v) is 27.7. The van der Waals surface area contributed by atoms with Crippen molar-refractivity contribution in [3.05, 3.63) is 132 Å². The minimum absolute atomic E-state index is 0.0539. The minimum atomic E-state index is -5.07. The third-order valence-corrected chi connectivity index (χ3v) is 9.01. The summed E-state index contributed by atoms with van der Waals surface area (Å²) < 4.78 is 67.6. The van der Waals surface area contributed by atoms with Crippen LogP contribution in [-0.4, -0.2) is 37.5 Å². The molecule has 1 aliphatic heterocycles. The molecule has 0 aliphatic carbocycles. The van der Waals surface area contributed by atoms with E-state index >= 15 is 0 Å².